The molecule has 3 aliphatic rings. The van der Waals surface area contributed by atoms with Gasteiger partial charge in [-0.15, -0.1) is 0 Å². The predicted molar refractivity (Wildman–Crippen MR) is 161 cm³/mol. The van der Waals surface area contributed by atoms with Crippen molar-refractivity contribution in [1.82, 2.24) is 15.1 Å². The lowest BCUT2D eigenvalue weighted by Crippen LogP contribution is -2.54. The molecular weight excluding hydrogens is 593 g/mol. The van der Waals surface area contributed by atoms with Crippen molar-refractivity contribution in [3.05, 3.63) is 0 Å². The third kappa shape index (κ3) is 12.5. The second-order valence-electron chi connectivity index (χ2n) is 12.6. The van der Waals surface area contributed by atoms with Crippen LogP contribution in [-0.4, -0.2) is 88.3 Å². The first-order chi connectivity index (χ1) is 19.3. The topological polar surface area (TPSA) is 97.4 Å². The van der Waals surface area contributed by atoms with Crippen molar-refractivity contribution in [2.24, 2.45) is 5.92 Å². The average Bonchev–Trinajstić information content (AvgIpc) is 2.91. The number of ether oxygens (including phenoxy) is 3. The van der Waals surface area contributed by atoms with Crippen LogP contribution in [0.2, 0.25) is 0 Å². The number of hydrogen-bond donors (Lipinski definition) is 1. The van der Waals surface area contributed by atoms with Gasteiger partial charge in [-0.3, -0.25) is 4.79 Å². The minimum Gasteiger partial charge on any atom is -0.445 e. The standard InChI is InChI=1S/C29H48Cl3N3O6/c1-28(2,3)41-27(38)34-16-12-23(13-17-34)39-18-14-22-11-7-8-15-35(22)25(36)24(19-21-9-5-4-6-10-21)33-26(37)40-20-29(30,31)32/h21-24H,4-20H2,1-3H3,(H,33,37)/t22?,24-/m1/s1. The Morgan fingerprint density at radius 1 is 0.902 bits per heavy atom. The number of carbonyl (C=O) groups excluding carboxylic acids is 3. The number of likely N-dealkylation sites (tertiary alicyclic amines) is 2. The largest absolute Gasteiger partial charge is 0.445 e. The van der Waals surface area contributed by atoms with Crippen molar-refractivity contribution in [3.63, 3.8) is 0 Å². The number of nitrogens with one attached hydrogen (secondary N) is 1. The van der Waals surface area contributed by atoms with Crippen molar-refractivity contribution in [3.8, 4) is 0 Å². The molecule has 12 heteroatoms. The Kier molecular flexibility index (Phi) is 13.5. The lowest BCUT2D eigenvalue weighted by atomic mass is 9.84. The number of rotatable bonds is 9. The van der Waals surface area contributed by atoms with Gasteiger partial charge in [0.15, 0.2) is 0 Å². The molecule has 2 heterocycles. The van der Waals surface area contributed by atoms with Gasteiger partial charge < -0.3 is 29.3 Å². The Hall–Kier alpha value is -1.16. The molecule has 2 atom stereocenters. The minimum absolute atomic E-state index is 0.0472. The van der Waals surface area contributed by atoms with Gasteiger partial charge in [0.1, 0.15) is 18.2 Å². The van der Waals surface area contributed by atoms with Crippen LogP contribution >= 0.6 is 34.8 Å². The zero-order valence-corrected chi connectivity index (χ0v) is 27.1. The van der Waals surface area contributed by atoms with Crippen LogP contribution in [0.5, 0.6) is 0 Å². The van der Waals surface area contributed by atoms with E-state index < -0.39 is 28.1 Å². The zero-order chi connectivity index (χ0) is 30.0. The van der Waals surface area contributed by atoms with Crippen molar-refractivity contribution in [2.45, 2.75) is 125 Å². The number of halogens is 3. The van der Waals surface area contributed by atoms with E-state index in [9.17, 15) is 14.4 Å². The first-order valence-electron chi connectivity index (χ1n) is 15.2. The molecule has 0 aromatic rings. The Balaban J connectivity index is 1.52. The maximum Gasteiger partial charge on any atom is 0.410 e. The van der Waals surface area contributed by atoms with Gasteiger partial charge in [-0.05, 0) is 71.6 Å². The molecular formula is C29H48Cl3N3O6. The molecule has 0 radical (unpaired) electrons. The molecule has 0 spiro atoms. The van der Waals surface area contributed by atoms with E-state index in [-0.39, 0.29) is 24.1 Å². The van der Waals surface area contributed by atoms with Crippen LogP contribution in [-0.2, 0) is 19.0 Å². The van der Waals surface area contributed by atoms with Gasteiger partial charge in [0.2, 0.25) is 9.70 Å². The van der Waals surface area contributed by atoms with Gasteiger partial charge in [-0.1, -0.05) is 66.9 Å². The number of alkyl halides is 3. The lowest BCUT2D eigenvalue weighted by Gasteiger charge is -2.39. The summed E-state index contributed by atoms with van der Waals surface area (Å²) in [5.41, 5.74) is -0.510. The van der Waals surface area contributed by atoms with Gasteiger partial charge in [-0.25, -0.2) is 9.59 Å². The maximum absolute atomic E-state index is 13.9. The first-order valence-corrected chi connectivity index (χ1v) is 16.3. The van der Waals surface area contributed by atoms with E-state index in [1.807, 2.05) is 25.7 Å². The van der Waals surface area contributed by atoms with Gasteiger partial charge in [0.25, 0.3) is 0 Å². The molecule has 0 aromatic heterocycles. The summed E-state index contributed by atoms with van der Waals surface area (Å²) in [6.07, 6.45) is 10.4. The molecule has 0 bridgehead atoms. The van der Waals surface area contributed by atoms with Crippen LogP contribution < -0.4 is 5.32 Å². The molecule has 2 aliphatic heterocycles. The summed E-state index contributed by atoms with van der Waals surface area (Å²) in [7, 11) is 0. The predicted octanol–water partition coefficient (Wildman–Crippen LogP) is 6.61. The fourth-order valence-electron chi connectivity index (χ4n) is 6.00. The Morgan fingerprint density at radius 2 is 1.56 bits per heavy atom. The highest BCUT2D eigenvalue weighted by molar-refractivity contribution is 6.67. The fraction of sp³-hybridized carbons (Fsp3) is 0.897. The van der Waals surface area contributed by atoms with E-state index in [2.05, 4.69) is 5.32 Å². The maximum atomic E-state index is 13.9. The van der Waals surface area contributed by atoms with Crippen LogP contribution in [0.4, 0.5) is 9.59 Å². The summed E-state index contributed by atoms with van der Waals surface area (Å²) >= 11 is 17.2. The van der Waals surface area contributed by atoms with E-state index in [1.54, 1.807) is 4.90 Å². The quantitative estimate of drug-likeness (QED) is 0.285. The van der Waals surface area contributed by atoms with Crippen LogP contribution in [0.25, 0.3) is 0 Å². The van der Waals surface area contributed by atoms with Gasteiger partial charge in [0.05, 0.1) is 6.10 Å². The molecule has 0 aromatic carbocycles. The number of piperidine rings is 2. The molecule has 3 fully saturated rings. The number of hydrogen-bond acceptors (Lipinski definition) is 6. The molecule has 1 saturated carbocycles. The van der Waals surface area contributed by atoms with Crippen molar-refractivity contribution in [2.75, 3.05) is 32.8 Å². The molecule has 3 amide bonds. The van der Waals surface area contributed by atoms with E-state index in [0.717, 1.165) is 64.2 Å². The van der Waals surface area contributed by atoms with Crippen LogP contribution in [0.3, 0.4) is 0 Å². The van der Waals surface area contributed by atoms with Crippen molar-refractivity contribution >= 4 is 52.9 Å². The lowest BCUT2D eigenvalue weighted by molar-refractivity contribution is -0.138. The van der Waals surface area contributed by atoms with Crippen molar-refractivity contribution in [1.29, 1.82) is 0 Å². The Bertz CT molecular complexity index is 852. The highest BCUT2D eigenvalue weighted by atomic mass is 35.6. The molecule has 41 heavy (non-hydrogen) atoms. The summed E-state index contributed by atoms with van der Waals surface area (Å²) in [6.45, 7) is 7.62. The summed E-state index contributed by atoms with van der Waals surface area (Å²) in [5, 5.41) is 2.79. The van der Waals surface area contributed by atoms with E-state index in [1.165, 1.54) is 6.42 Å². The zero-order valence-electron chi connectivity index (χ0n) is 24.8. The van der Waals surface area contributed by atoms with E-state index in [0.29, 0.717) is 38.6 Å². The van der Waals surface area contributed by atoms with Crippen LogP contribution in [0, 0.1) is 5.92 Å². The van der Waals surface area contributed by atoms with E-state index in [4.69, 9.17) is 49.0 Å². The van der Waals surface area contributed by atoms with Gasteiger partial charge >= 0.3 is 12.2 Å². The monoisotopic (exact) mass is 639 g/mol. The third-order valence-electron chi connectivity index (χ3n) is 8.06. The average molecular weight is 641 g/mol. The fourth-order valence-corrected chi connectivity index (χ4v) is 6.17. The summed E-state index contributed by atoms with van der Waals surface area (Å²) in [6, 6.07) is -0.634. The minimum atomic E-state index is -1.72. The summed E-state index contributed by atoms with van der Waals surface area (Å²) in [5.74, 6) is 0.307. The van der Waals surface area contributed by atoms with Crippen LogP contribution in [0.1, 0.15) is 97.8 Å². The smallest absolute Gasteiger partial charge is 0.410 e. The molecule has 9 nitrogen and oxygen atoms in total. The Morgan fingerprint density at radius 3 is 2.20 bits per heavy atom. The normalized spacial score (nSPS) is 22.2. The second-order valence-corrected chi connectivity index (χ2v) is 15.2. The summed E-state index contributed by atoms with van der Waals surface area (Å²) < 4.78 is 15.1. The number of alkyl carbamates (subject to hydrolysis) is 1. The number of nitrogens with zero attached hydrogens (tertiary/aromatic N) is 2. The molecule has 3 rings (SSSR count). The number of amides is 3. The van der Waals surface area contributed by atoms with Gasteiger partial charge in [-0.2, -0.15) is 0 Å². The summed E-state index contributed by atoms with van der Waals surface area (Å²) in [4.78, 5) is 42.4. The third-order valence-corrected chi connectivity index (χ3v) is 8.39. The molecule has 2 saturated heterocycles. The van der Waals surface area contributed by atoms with Crippen LogP contribution in [0.15, 0.2) is 0 Å². The second kappa shape index (κ2) is 16.1. The highest BCUT2D eigenvalue weighted by Gasteiger charge is 2.35. The molecule has 1 aliphatic carbocycles. The SMILES string of the molecule is CC(C)(C)OC(=O)N1CCC(OCCC2CCCCN2C(=O)[C@@H](CC2CCCCC2)NC(=O)OCC(Cl)(Cl)Cl)CC1. The molecule has 1 N–H and O–H groups in total. The molecule has 1 unspecified atom stereocenters. The van der Waals surface area contributed by atoms with E-state index >= 15 is 0 Å². The van der Waals surface area contributed by atoms with Gasteiger partial charge in [0, 0.05) is 32.3 Å². The highest BCUT2D eigenvalue weighted by Crippen LogP contribution is 2.30. The Labute approximate surface area is 260 Å². The van der Waals surface area contributed by atoms with Crippen molar-refractivity contribution < 1.29 is 28.6 Å². The molecule has 236 valence electrons. The number of carbonyl (C=O) groups is 3. The first kappa shape index (κ1) is 34.3.